The van der Waals surface area contributed by atoms with Crippen LogP contribution in [-0.2, 0) is 26.2 Å². The van der Waals surface area contributed by atoms with Gasteiger partial charge in [0.1, 0.15) is 4.83 Å². The first kappa shape index (κ1) is 31.1. The number of benzene rings is 1. The molecule has 0 radical (unpaired) electrons. The first-order valence-corrected chi connectivity index (χ1v) is 18.1. The van der Waals surface area contributed by atoms with Crippen molar-refractivity contribution in [3.8, 4) is 11.3 Å². The molecule has 4 saturated heterocycles. The maximum Gasteiger partial charge on any atom is 0.223 e. The van der Waals surface area contributed by atoms with Gasteiger partial charge in [0.05, 0.1) is 30.4 Å². The van der Waals surface area contributed by atoms with Crippen LogP contribution in [0.5, 0.6) is 0 Å². The first-order chi connectivity index (χ1) is 21.7. The van der Waals surface area contributed by atoms with Crippen molar-refractivity contribution in [2.24, 2.45) is 11.8 Å². The maximum atomic E-state index is 14.0. The van der Waals surface area contributed by atoms with Crippen LogP contribution in [0.4, 0.5) is 0 Å². The number of carbonyl (C=O) groups is 2. The summed E-state index contributed by atoms with van der Waals surface area (Å²) in [4.78, 5) is 40.1. The van der Waals surface area contributed by atoms with Crippen LogP contribution in [0.3, 0.4) is 0 Å². The van der Waals surface area contributed by atoms with E-state index in [1.54, 1.807) is 11.3 Å². The van der Waals surface area contributed by atoms with Gasteiger partial charge in [-0.2, -0.15) is 0 Å². The Kier molecular flexibility index (Phi) is 8.70. The second-order valence-corrected chi connectivity index (χ2v) is 15.8. The predicted molar refractivity (Wildman–Crippen MR) is 182 cm³/mol. The highest BCUT2D eigenvalue weighted by Crippen LogP contribution is 2.44. The zero-order chi connectivity index (χ0) is 31.3. The van der Waals surface area contributed by atoms with Crippen molar-refractivity contribution < 1.29 is 14.3 Å². The summed E-state index contributed by atoms with van der Waals surface area (Å²) in [5.41, 5.74) is 5.89. The Bertz CT molecular complexity index is 1520. The number of aromatic amines is 1. The van der Waals surface area contributed by atoms with Crippen molar-refractivity contribution in [3.05, 3.63) is 45.8 Å². The highest BCUT2D eigenvalue weighted by Gasteiger charge is 2.49. The molecule has 3 aromatic rings. The molecule has 6 heterocycles. The van der Waals surface area contributed by atoms with E-state index in [0.717, 1.165) is 65.1 Å². The van der Waals surface area contributed by atoms with Crippen molar-refractivity contribution in [2.45, 2.75) is 77.7 Å². The lowest BCUT2D eigenvalue weighted by Gasteiger charge is -2.33. The monoisotopic (exact) mass is 630 g/mol. The summed E-state index contributed by atoms with van der Waals surface area (Å²) in [6, 6.07) is 9.26. The minimum Gasteiger partial charge on any atom is -0.378 e. The zero-order valence-electron chi connectivity index (χ0n) is 27.6. The van der Waals surface area contributed by atoms with Gasteiger partial charge in [0.15, 0.2) is 5.78 Å². The molecule has 8 heteroatoms. The van der Waals surface area contributed by atoms with E-state index < -0.39 is 5.41 Å². The second kappa shape index (κ2) is 12.6. The van der Waals surface area contributed by atoms with Gasteiger partial charge in [-0.1, -0.05) is 17.2 Å². The summed E-state index contributed by atoms with van der Waals surface area (Å²) in [6.45, 7) is 16.7. The number of ketones is 1. The lowest BCUT2D eigenvalue weighted by Crippen LogP contribution is -2.43. The number of Topliss-reactive ketones (excluding diaryl/α,β-unsaturated/α-hetero) is 1. The molecule has 4 fully saturated rings. The fraction of sp³-hybridized carbons (Fsp3) is 0.622. The Morgan fingerprint density at radius 2 is 1.62 bits per heavy atom. The Balaban J connectivity index is 1.09. The molecular formula is C37H50N4O3S. The molecular weight excluding hydrogens is 580 g/mol. The number of thiophene rings is 1. The van der Waals surface area contributed by atoms with Crippen LogP contribution >= 0.6 is 11.3 Å². The quantitative estimate of drug-likeness (QED) is 0.316. The Morgan fingerprint density at radius 3 is 2.27 bits per heavy atom. The summed E-state index contributed by atoms with van der Waals surface area (Å²) in [5.74, 6) is 1.72. The number of piperidine rings is 2. The maximum absolute atomic E-state index is 14.0. The number of nitrogens with one attached hydrogen (secondary N) is 1. The number of hydrogen-bond donors (Lipinski definition) is 1. The number of rotatable bonds is 9. The summed E-state index contributed by atoms with van der Waals surface area (Å²) < 4.78 is 5.43. The van der Waals surface area contributed by atoms with Crippen molar-refractivity contribution in [2.75, 3.05) is 59.0 Å². The van der Waals surface area contributed by atoms with E-state index in [0.29, 0.717) is 43.2 Å². The number of hydrogen-bond acceptors (Lipinski definition) is 6. The number of H-pyrrole nitrogens is 1. The number of ether oxygens (including phenoxy) is 1. The van der Waals surface area contributed by atoms with Crippen LogP contribution < -0.4 is 0 Å². The molecule has 0 saturated carbocycles. The average molecular weight is 631 g/mol. The Morgan fingerprint density at radius 1 is 0.933 bits per heavy atom. The van der Waals surface area contributed by atoms with Crippen LogP contribution in [0, 0.1) is 25.7 Å². The molecule has 1 atom stereocenters. The van der Waals surface area contributed by atoms with E-state index in [-0.39, 0.29) is 6.04 Å². The zero-order valence-corrected chi connectivity index (χ0v) is 28.4. The third-order valence-corrected chi connectivity index (χ3v) is 12.6. The predicted octanol–water partition coefficient (Wildman–Crippen LogP) is 5.96. The van der Waals surface area contributed by atoms with Gasteiger partial charge in [0.25, 0.3) is 0 Å². The number of amides is 1. The van der Waals surface area contributed by atoms with Crippen LogP contribution in [-0.4, -0.2) is 96.4 Å². The number of carbonyl (C=O) groups excluding carboxylic acids is 2. The molecule has 1 N–H and O–H groups in total. The fourth-order valence-electron chi connectivity index (χ4n) is 8.52. The van der Waals surface area contributed by atoms with Crippen LogP contribution in [0.1, 0.15) is 67.5 Å². The molecule has 4 aliphatic rings. The summed E-state index contributed by atoms with van der Waals surface area (Å²) in [7, 11) is 0. The molecule has 0 spiro atoms. The molecule has 1 amide bonds. The topological polar surface area (TPSA) is 68.9 Å². The van der Waals surface area contributed by atoms with E-state index in [1.807, 2.05) is 4.90 Å². The molecule has 2 bridgehead atoms. The largest absolute Gasteiger partial charge is 0.378 e. The summed E-state index contributed by atoms with van der Waals surface area (Å²) in [5, 5.41) is 1.28. The number of aryl methyl sites for hydroxylation is 2. The molecule has 7 nitrogen and oxygen atoms in total. The third-order valence-electron chi connectivity index (χ3n) is 11.2. The lowest BCUT2D eigenvalue weighted by molar-refractivity contribution is -0.136. The molecule has 1 unspecified atom stereocenters. The lowest BCUT2D eigenvalue weighted by atomic mass is 9.79. The standard InChI is InChI=1S/C37H50N4O3S/c1-24-19-25(2)21-28(20-24)33-29(9-12-39-10-5-26(6-11-39)22-32(42)40-15-17-44-18-16-40)30-23-31(45-36(30)38-33)37(3,4)35(43)34-27-7-13-41(34)14-8-27/h19-21,23,26-27,34,38H,5-18,22H2,1-4H3. The van der Waals surface area contributed by atoms with Gasteiger partial charge < -0.3 is 19.5 Å². The van der Waals surface area contributed by atoms with E-state index in [9.17, 15) is 9.59 Å². The highest BCUT2D eigenvalue weighted by molar-refractivity contribution is 7.19. The number of morpholine rings is 1. The van der Waals surface area contributed by atoms with Gasteiger partial charge in [-0.25, -0.2) is 0 Å². The third kappa shape index (κ3) is 6.16. The van der Waals surface area contributed by atoms with E-state index in [4.69, 9.17) is 4.74 Å². The van der Waals surface area contributed by atoms with Crippen molar-refractivity contribution in [1.82, 2.24) is 19.7 Å². The van der Waals surface area contributed by atoms with E-state index in [2.05, 4.69) is 66.7 Å². The first-order valence-electron chi connectivity index (χ1n) is 17.3. The SMILES string of the molecule is Cc1cc(C)cc(-c2[nH]c3sc(C(C)(C)C(=O)C4C5CCN4CC5)cc3c2CCN2CCC(CC(=O)N3CCOCC3)CC2)c1. The molecule has 2 aromatic heterocycles. The van der Waals surface area contributed by atoms with Gasteiger partial charge in [-0.15, -0.1) is 11.3 Å². The van der Waals surface area contributed by atoms with E-state index >= 15 is 0 Å². The van der Waals surface area contributed by atoms with Gasteiger partial charge in [-0.05, 0) is 127 Å². The van der Waals surface area contributed by atoms with Crippen LogP contribution in [0.15, 0.2) is 24.3 Å². The number of nitrogens with zero attached hydrogens (tertiary/aromatic N) is 3. The van der Waals surface area contributed by atoms with Crippen LogP contribution in [0.25, 0.3) is 21.5 Å². The highest BCUT2D eigenvalue weighted by atomic mass is 32.1. The summed E-state index contributed by atoms with van der Waals surface area (Å²) in [6.07, 6.45) is 6.14. The molecule has 7 rings (SSSR count). The van der Waals surface area contributed by atoms with Gasteiger partial charge >= 0.3 is 0 Å². The van der Waals surface area contributed by atoms with Crippen molar-refractivity contribution >= 4 is 33.2 Å². The van der Waals surface area contributed by atoms with Gasteiger partial charge in [0.2, 0.25) is 5.91 Å². The molecule has 0 aliphatic carbocycles. The number of fused-ring (bicyclic) bond motifs is 3. The average Bonchev–Trinajstić information content (AvgIpc) is 3.81. The minimum atomic E-state index is -0.502. The fourth-order valence-corrected chi connectivity index (χ4v) is 9.72. The Hall–Kier alpha value is -2.52. The molecule has 242 valence electrons. The molecule has 45 heavy (non-hydrogen) atoms. The molecule has 4 aliphatic heterocycles. The van der Waals surface area contributed by atoms with Crippen molar-refractivity contribution in [1.29, 1.82) is 0 Å². The van der Waals surface area contributed by atoms with Crippen molar-refractivity contribution in [3.63, 3.8) is 0 Å². The minimum absolute atomic E-state index is 0.0952. The number of likely N-dealkylation sites (tertiary alicyclic amines) is 1. The Labute approximate surface area is 272 Å². The smallest absolute Gasteiger partial charge is 0.223 e. The number of aromatic nitrogens is 1. The molecule has 1 aromatic carbocycles. The van der Waals surface area contributed by atoms with Gasteiger partial charge in [0, 0.05) is 36.3 Å². The second-order valence-electron chi connectivity index (χ2n) is 14.7. The summed E-state index contributed by atoms with van der Waals surface area (Å²) >= 11 is 1.78. The van der Waals surface area contributed by atoms with Gasteiger partial charge in [-0.3, -0.25) is 14.5 Å². The normalized spacial score (nSPS) is 24.6. The van der Waals surface area contributed by atoms with E-state index in [1.165, 1.54) is 55.9 Å². The van der Waals surface area contributed by atoms with Crippen LogP contribution in [0.2, 0.25) is 0 Å².